The number of para-hydroxylation sites is 2. The quantitative estimate of drug-likeness (QED) is 0.756. The topological polar surface area (TPSA) is 44.8 Å². The van der Waals surface area contributed by atoms with E-state index in [-0.39, 0.29) is 5.91 Å². The Balaban J connectivity index is 1.57. The van der Waals surface area contributed by atoms with Gasteiger partial charge in [0.1, 0.15) is 0 Å². The zero-order valence-corrected chi connectivity index (χ0v) is 16.9. The molecule has 0 aromatic heterocycles. The average molecular weight is 382 g/mol. The van der Waals surface area contributed by atoms with Crippen LogP contribution in [-0.4, -0.2) is 49.7 Å². The fraction of sp³-hybridized carbons (Fsp3) is 0.435. The lowest BCUT2D eigenvalue weighted by molar-refractivity contribution is -0.116. The highest BCUT2D eigenvalue weighted by Crippen LogP contribution is 2.26. The molecule has 1 aliphatic heterocycles. The maximum Gasteiger partial charge on any atom is 0.225 e. The van der Waals surface area contributed by atoms with Crippen LogP contribution in [0.3, 0.4) is 0 Å². The first-order valence-electron chi connectivity index (χ1n) is 10.1. The molecule has 5 heteroatoms. The molecule has 0 spiro atoms. The second-order valence-electron chi connectivity index (χ2n) is 7.46. The third kappa shape index (κ3) is 5.81. The van der Waals surface area contributed by atoms with Crippen molar-refractivity contribution in [1.82, 2.24) is 4.90 Å². The first kappa shape index (κ1) is 20.4. The Labute approximate surface area is 168 Å². The van der Waals surface area contributed by atoms with Crippen LogP contribution in [0, 0.1) is 0 Å². The minimum Gasteiger partial charge on any atom is -0.378 e. The summed E-state index contributed by atoms with van der Waals surface area (Å²) in [5.41, 5.74) is 3.23. The van der Waals surface area contributed by atoms with Crippen molar-refractivity contribution in [2.75, 3.05) is 43.1 Å². The number of morpholine rings is 1. The van der Waals surface area contributed by atoms with Gasteiger partial charge in [0, 0.05) is 38.6 Å². The van der Waals surface area contributed by atoms with Gasteiger partial charge >= 0.3 is 0 Å². The molecule has 0 radical (unpaired) electrons. The summed E-state index contributed by atoms with van der Waals surface area (Å²) >= 11 is 0. The molecule has 0 bridgehead atoms. The first-order chi connectivity index (χ1) is 13.6. The SMILES string of the molecule is CC(C)N(CCC(=O)Nc1ccccc1N1CCOCC1)Cc1ccccc1. The molecule has 1 fully saturated rings. The summed E-state index contributed by atoms with van der Waals surface area (Å²) in [5.74, 6) is 0.0550. The van der Waals surface area contributed by atoms with Gasteiger partial charge in [0.05, 0.1) is 24.6 Å². The van der Waals surface area contributed by atoms with Gasteiger partial charge in [0.2, 0.25) is 5.91 Å². The van der Waals surface area contributed by atoms with Crippen LogP contribution in [0.5, 0.6) is 0 Å². The minimum atomic E-state index is 0.0550. The van der Waals surface area contributed by atoms with Gasteiger partial charge in [-0.3, -0.25) is 9.69 Å². The molecule has 3 rings (SSSR count). The van der Waals surface area contributed by atoms with Gasteiger partial charge in [-0.15, -0.1) is 0 Å². The van der Waals surface area contributed by atoms with Crippen LogP contribution < -0.4 is 10.2 Å². The number of amides is 1. The van der Waals surface area contributed by atoms with Crippen molar-refractivity contribution in [3.63, 3.8) is 0 Å². The zero-order valence-electron chi connectivity index (χ0n) is 16.9. The largest absolute Gasteiger partial charge is 0.378 e. The lowest BCUT2D eigenvalue weighted by Crippen LogP contribution is -2.37. The molecule has 5 nitrogen and oxygen atoms in total. The summed E-state index contributed by atoms with van der Waals surface area (Å²) < 4.78 is 5.44. The Hall–Kier alpha value is -2.37. The van der Waals surface area contributed by atoms with E-state index in [1.54, 1.807) is 0 Å². The maximum atomic E-state index is 12.6. The van der Waals surface area contributed by atoms with E-state index in [0.717, 1.165) is 50.8 Å². The van der Waals surface area contributed by atoms with Gasteiger partial charge < -0.3 is 15.0 Å². The zero-order chi connectivity index (χ0) is 19.8. The van der Waals surface area contributed by atoms with E-state index in [4.69, 9.17) is 4.74 Å². The standard InChI is InChI=1S/C23H31N3O2/c1-19(2)26(18-20-8-4-3-5-9-20)13-12-23(27)24-21-10-6-7-11-22(21)25-14-16-28-17-15-25/h3-11,19H,12-18H2,1-2H3,(H,24,27). The molecular formula is C23H31N3O2. The fourth-order valence-corrected chi connectivity index (χ4v) is 3.45. The van der Waals surface area contributed by atoms with Crippen LogP contribution in [0.2, 0.25) is 0 Å². The summed E-state index contributed by atoms with van der Waals surface area (Å²) in [6, 6.07) is 18.8. The first-order valence-corrected chi connectivity index (χ1v) is 10.1. The molecule has 28 heavy (non-hydrogen) atoms. The number of hydrogen-bond donors (Lipinski definition) is 1. The minimum absolute atomic E-state index is 0.0550. The Bertz CT molecular complexity index is 743. The van der Waals surface area contributed by atoms with Crippen molar-refractivity contribution in [2.24, 2.45) is 0 Å². The molecule has 0 atom stereocenters. The predicted molar refractivity (Wildman–Crippen MR) is 115 cm³/mol. The van der Waals surface area contributed by atoms with E-state index in [1.165, 1.54) is 5.56 Å². The smallest absolute Gasteiger partial charge is 0.225 e. The number of hydrogen-bond acceptors (Lipinski definition) is 4. The van der Waals surface area contributed by atoms with Crippen molar-refractivity contribution in [1.29, 1.82) is 0 Å². The molecule has 2 aromatic rings. The highest BCUT2D eigenvalue weighted by Gasteiger charge is 2.17. The van der Waals surface area contributed by atoms with Gasteiger partial charge in [0.25, 0.3) is 0 Å². The summed E-state index contributed by atoms with van der Waals surface area (Å²) in [6.07, 6.45) is 0.475. The molecule has 1 N–H and O–H groups in total. The normalized spacial score (nSPS) is 14.5. The second kappa shape index (κ2) is 10.2. The monoisotopic (exact) mass is 381 g/mol. The Kier molecular flexibility index (Phi) is 7.46. The lowest BCUT2D eigenvalue weighted by Gasteiger charge is -2.30. The summed E-state index contributed by atoms with van der Waals surface area (Å²) in [5, 5.41) is 3.12. The molecule has 0 aliphatic carbocycles. The molecular weight excluding hydrogens is 350 g/mol. The number of benzene rings is 2. The van der Waals surface area contributed by atoms with Gasteiger partial charge in [-0.1, -0.05) is 42.5 Å². The van der Waals surface area contributed by atoms with Gasteiger partial charge in [-0.25, -0.2) is 0 Å². The molecule has 1 aliphatic rings. The summed E-state index contributed by atoms with van der Waals surface area (Å²) in [6.45, 7) is 9.10. The Morgan fingerprint density at radius 3 is 2.46 bits per heavy atom. The van der Waals surface area contributed by atoms with Crippen molar-refractivity contribution < 1.29 is 9.53 Å². The van der Waals surface area contributed by atoms with E-state index >= 15 is 0 Å². The Morgan fingerprint density at radius 2 is 1.75 bits per heavy atom. The second-order valence-corrected chi connectivity index (χ2v) is 7.46. The van der Waals surface area contributed by atoms with E-state index in [0.29, 0.717) is 12.5 Å². The van der Waals surface area contributed by atoms with Gasteiger partial charge in [-0.05, 0) is 31.5 Å². The maximum absolute atomic E-state index is 12.6. The molecule has 1 amide bonds. The summed E-state index contributed by atoms with van der Waals surface area (Å²) in [4.78, 5) is 17.3. The number of nitrogens with zero attached hydrogens (tertiary/aromatic N) is 2. The van der Waals surface area contributed by atoms with Crippen molar-refractivity contribution in [3.8, 4) is 0 Å². The third-order valence-corrected chi connectivity index (χ3v) is 5.11. The van der Waals surface area contributed by atoms with Crippen LogP contribution in [0.4, 0.5) is 11.4 Å². The molecule has 0 unspecified atom stereocenters. The summed E-state index contributed by atoms with van der Waals surface area (Å²) in [7, 11) is 0. The van der Waals surface area contributed by atoms with Crippen LogP contribution in [0.15, 0.2) is 54.6 Å². The number of rotatable bonds is 8. The number of ether oxygens (including phenoxy) is 1. The van der Waals surface area contributed by atoms with E-state index in [2.05, 4.69) is 59.3 Å². The highest BCUT2D eigenvalue weighted by molar-refractivity contribution is 5.94. The lowest BCUT2D eigenvalue weighted by atomic mass is 10.1. The van der Waals surface area contributed by atoms with Crippen LogP contribution >= 0.6 is 0 Å². The predicted octanol–water partition coefficient (Wildman–Crippen LogP) is 3.76. The van der Waals surface area contributed by atoms with E-state index < -0.39 is 0 Å². The van der Waals surface area contributed by atoms with Crippen molar-refractivity contribution >= 4 is 17.3 Å². The number of anilines is 2. The number of carbonyl (C=O) groups is 1. The third-order valence-electron chi connectivity index (χ3n) is 5.11. The van der Waals surface area contributed by atoms with Crippen LogP contribution in [0.25, 0.3) is 0 Å². The Morgan fingerprint density at radius 1 is 1.07 bits per heavy atom. The fourth-order valence-electron chi connectivity index (χ4n) is 3.45. The average Bonchev–Trinajstić information content (AvgIpc) is 2.72. The number of nitrogens with one attached hydrogen (secondary N) is 1. The van der Waals surface area contributed by atoms with Gasteiger partial charge in [-0.2, -0.15) is 0 Å². The molecule has 1 saturated heterocycles. The molecule has 2 aromatic carbocycles. The van der Waals surface area contributed by atoms with E-state index in [9.17, 15) is 4.79 Å². The van der Waals surface area contributed by atoms with Crippen molar-refractivity contribution in [3.05, 3.63) is 60.2 Å². The highest BCUT2D eigenvalue weighted by atomic mass is 16.5. The van der Waals surface area contributed by atoms with Crippen LogP contribution in [0.1, 0.15) is 25.8 Å². The van der Waals surface area contributed by atoms with Crippen molar-refractivity contribution in [2.45, 2.75) is 32.9 Å². The van der Waals surface area contributed by atoms with Crippen LogP contribution in [-0.2, 0) is 16.1 Å². The molecule has 1 heterocycles. The molecule has 0 saturated carbocycles. The van der Waals surface area contributed by atoms with Gasteiger partial charge in [0.15, 0.2) is 0 Å². The number of carbonyl (C=O) groups excluding carboxylic acids is 1. The molecule has 150 valence electrons. The van der Waals surface area contributed by atoms with E-state index in [1.807, 2.05) is 24.3 Å².